The average Bonchev–Trinajstić information content (AvgIpc) is 2.33. The topological polar surface area (TPSA) is 82.0 Å². The fourth-order valence-electron chi connectivity index (χ4n) is 1.24. The molecule has 0 aliphatic heterocycles. The molecule has 6 heteroatoms. The first-order valence-electron chi connectivity index (χ1n) is 4.79. The van der Waals surface area contributed by atoms with E-state index in [-0.39, 0.29) is 5.69 Å². The number of rotatable bonds is 3. The second kappa shape index (κ2) is 4.84. The molecule has 2 aromatic rings. The number of nitrogens with two attached hydrogens (primary N) is 1. The van der Waals surface area contributed by atoms with Crippen molar-refractivity contribution in [3.63, 3.8) is 0 Å². The molecule has 0 saturated heterocycles. The van der Waals surface area contributed by atoms with Gasteiger partial charge in [-0.3, -0.25) is 10.1 Å². The Balaban J connectivity index is 2.20. The number of non-ortho nitro benzene ring substituents is 1. The van der Waals surface area contributed by atoms with Crippen molar-refractivity contribution >= 4 is 23.1 Å². The Morgan fingerprint density at radius 2 is 1.94 bits per heavy atom. The lowest BCUT2D eigenvalue weighted by Gasteiger charge is -2.03. The SMILES string of the molecule is Nc1cccnc1Sc1ccc([N+](=O)[O-])cc1. The highest BCUT2D eigenvalue weighted by Crippen LogP contribution is 2.30. The van der Waals surface area contributed by atoms with Crippen LogP contribution in [-0.2, 0) is 0 Å². The van der Waals surface area contributed by atoms with E-state index in [4.69, 9.17) is 5.73 Å². The van der Waals surface area contributed by atoms with Gasteiger partial charge in [-0.25, -0.2) is 4.98 Å². The van der Waals surface area contributed by atoms with Crippen molar-refractivity contribution in [3.05, 3.63) is 52.7 Å². The third-order valence-electron chi connectivity index (χ3n) is 2.06. The van der Waals surface area contributed by atoms with E-state index in [2.05, 4.69) is 4.98 Å². The molecule has 2 N–H and O–H groups in total. The molecule has 0 bridgehead atoms. The van der Waals surface area contributed by atoms with Crippen molar-refractivity contribution < 1.29 is 4.92 Å². The summed E-state index contributed by atoms with van der Waals surface area (Å²) in [5.41, 5.74) is 6.42. The fourth-order valence-corrected chi connectivity index (χ4v) is 2.03. The largest absolute Gasteiger partial charge is 0.397 e. The first-order chi connectivity index (χ1) is 8.16. The number of nitrogen functional groups attached to an aromatic ring is 1. The van der Waals surface area contributed by atoms with Crippen molar-refractivity contribution in [3.8, 4) is 0 Å². The summed E-state index contributed by atoms with van der Waals surface area (Å²) in [4.78, 5) is 15.1. The summed E-state index contributed by atoms with van der Waals surface area (Å²) in [6.45, 7) is 0. The zero-order chi connectivity index (χ0) is 12.3. The summed E-state index contributed by atoms with van der Waals surface area (Å²) >= 11 is 1.38. The minimum atomic E-state index is -0.427. The van der Waals surface area contributed by atoms with Gasteiger partial charge < -0.3 is 5.73 Å². The van der Waals surface area contributed by atoms with Crippen LogP contribution in [0, 0.1) is 10.1 Å². The van der Waals surface area contributed by atoms with Crippen molar-refractivity contribution in [2.24, 2.45) is 0 Å². The molecule has 0 atom stereocenters. The van der Waals surface area contributed by atoms with Crippen LogP contribution in [0.2, 0.25) is 0 Å². The molecule has 0 spiro atoms. The third-order valence-corrected chi connectivity index (χ3v) is 3.10. The molecule has 17 heavy (non-hydrogen) atoms. The molecule has 5 nitrogen and oxygen atoms in total. The predicted molar refractivity (Wildman–Crippen MR) is 65.9 cm³/mol. The number of nitro groups is 1. The number of nitrogens with zero attached hydrogens (tertiary/aromatic N) is 2. The molecular weight excluding hydrogens is 238 g/mol. The number of pyridine rings is 1. The van der Waals surface area contributed by atoms with Crippen LogP contribution in [0.15, 0.2) is 52.5 Å². The molecule has 2 rings (SSSR count). The molecule has 86 valence electrons. The van der Waals surface area contributed by atoms with Gasteiger partial charge in [0, 0.05) is 23.2 Å². The van der Waals surface area contributed by atoms with Gasteiger partial charge in [0.25, 0.3) is 5.69 Å². The Kier molecular flexibility index (Phi) is 3.24. The summed E-state index contributed by atoms with van der Waals surface area (Å²) in [6.07, 6.45) is 1.66. The van der Waals surface area contributed by atoms with Crippen LogP contribution in [0.25, 0.3) is 0 Å². The van der Waals surface area contributed by atoms with Crippen molar-refractivity contribution in [2.45, 2.75) is 9.92 Å². The molecule has 0 unspecified atom stereocenters. The van der Waals surface area contributed by atoms with Crippen LogP contribution >= 0.6 is 11.8 Å². The maximum Gasteiger partial charge on any atom is 0.269 e. The summed E-state index contributed by atoms with van der Waals surface area (Å²) < 4.78 is 0. The quantitative estimate of drug-likeness (QED) is 0.666. The molecular formula is C11H9N3O2S. The maximum absolute atomic E-state index is 10.5. The smallest absolute Gasteiger partial charge is 0.269 e. The van der Waals surface area contributed by atoms with Gasteiger partial charge in [-0.1, -0.05) is 11.8 Å². The normalized spacial score (nSPS) is 10.1. The summed E-state index contributed by atoms with van der Waals surface area (Å²) in [6, 6.07) is 9.80. The van der Waals surface area contributed by atoms with Gasteiger partial charge in [0.05, 0.1) is 10.6 Å². The van der Waals surface area contributed by atoms with Gasteiger partial charge in [0.2, 0.25) is 0 Å². The minimum absolute atomic E-state index is 0.0725. The number of hydrogen-bond acceptors (Lipinski definition) is 5. The molecule has 0 fully saturated rings. The van der Waals surface area contributed by atoms with Gasteiger partial charge in [-0.2, -0.15) is 0 Å². The molecule has 0 aliphatic carbocycles. The lowest BCUT2D eigenvalue weighted by Crippen LogP contribution is -1.90. The van der Waals surface area contributed by atoms with Crippen molar-refractivity contribution in [1.82, 2.24) is 4.98 Å². The van der Waals surface area contributed by atoms with Crippen molar-refractivity contribution in [2.75, 3.05) is 5.73 Å². The number of anilines is 1. The van der Waals surface area contributed by atoms with Crippen LogP contribution in [-0.4, -0.2) is 9.91 Å². The molecule has 0 amide bonds. The van der Waals surface area contributed by atoms with E-state index in [1.54, 1.807) is 30.5 Å². The molecule has 0 radical (unpaired) electrons. The van der Waals surface area contributed by atoms with Crippen LogP contribution < -0.4 is 5.73 Å². The summed E-state index contributed by atoms with van der Waals surface area (Å²) in [5.74, 6) is 0. The lowest BCUT2D eigenvalue weighted by atomic mass is 10.3. The van der Waals surface area contributed by atoms with Crippen LogP contribution in [0.4, 0.5) is 11.4 Å². The van der Waals surface area contributed by atoms with Crippen LogP contribution in [0.5, 0.6) is 0 Å². The highest BCUT2D eigenvalue weighted by molar-refractivity contribution is 7.99. The monoisotopic (exact) mass is 247 g/mol. The molecule has 1 aromatic carbocycles. The fraction of sp³-hybridized carbons (Fsp3) is 0. The zero-order valence-corrected chi connectivity index (χ0v) is 9.55. The molecule has 0 saturated carbocycles. The third kappa shape index (κ3) is 2.73. The van der Waals surface area contributed by atoms with E-state index in [9.17, 15) is 10.1 Å². The molecule has 0 aliphatic rings. The van der Waals surface area contributed by atoms with E-state index in [0.29, 0.717) is 10.7 Å². The Bertz CT molecular complexity index is 543. The average molecular weight is 247 g/mol. The van der Waals surface area contributed by atoms with Crippen LogP contribution in [0.3, 0.4) is 0 Å². The van der Waals surface area contributed by atoms with Gasteiger partial charge >= 0.3 is 0 Å². The Hall–Kier alpha value is -2.08. The predicted octanol–water partition coefficient (Wildman–Crippen LogP) is 2.72. The second-order valence-corrected chi connectivity index (χ2v) is 4.31. The lowest BCUT2D eigenvalue weighted by molar-refractivity contribution is -0.384. The second-order valence-electron chi connectivity index (χ2n) is 3.25. The summed E-state index contributed by atoms with van der Waals surface area (Å²) in [7, 11) is 0. The van der Waals surface area contributed by atoms with E-state index in [1.165, 1.54) is 23.9 Å². The van der Waals surface area contributed by atoms with Gasteiger partial charge in [0.1, 0.15) is 5.03 Å². The minimum Gasteiger partial charge on any atom is -0.397 e. The standard InChI is InChI=1S/C11H9N3O2S/c12-10-2-1-7-13-11(10)17-9-5-3-8(4-6-9)14(15)16/h1-7H,12H2. The molecule has 1 heterocycles. The first kappa shape index (κ1) is 11.4. The highest BCUT2D eigenvalue weighted by atomic mass is 32.2. The van der Waals surface area contributed by atoms with E-state index >= 15 is 0 Å². The zero-order valence-electron chi connectivity index (χ0n) is 8.74. The highest BCUT2D eigenvalue weighted by Gasteiger charge is 2.06. The number of nitro benzene ring substituents is 1. The van der Waals surface area contributed by atoms with Crippen molar-refractivity contribution in [1.29, 1.82) is 0 Å². The van der Waals surface area contributed by atoms with Gasteiger partial charge in [-0.15, -0.1) is 0 Å². The number of aromatic nitrogens is 1. The van der Waals surface area contributed by atoms with Gasteiger partial charge in [-0.05, 0) is 24.3 Å². The van der Waals surface area contributed by atoms with Crippen LogP contribution in [0.1, 0.15) is 0 Å². The maximum atomic E-state index is 10.5. The Morgan fingerprint density at radius 3 is 2.53 bits per heavy atom. The van der Waals surface area contributed by atoms with E-state index < -0.39 is 4.92 Å². The Labute approximate surface area is 102 Å². The number of hydrogen-bond donors (Lipinski definition) is 1. The first-order valence-corrected chi connectivity index (χ1v) is 5.61. The number of benzene rings is 1. The van der Waals surface area contributed by atoms with E-state index in [1.807, 2.05) is 0 Å². The summed E-state index contributed by atoms with van der Waals surface area (Å²) in [5, 5.41) is 11.2. The Morgan fingerprint density at radius 1 is 1.24 bits per heavy atom. The van der Waals surface area contributed by atoms with E-state index in [0.717, 1.165) is 4.90 Å². The molecule has 1 aromatic heterocycles. The van der Waals surface area contributed by atoms with Gasteiger partial charge in [0.15, 0.2) is 0 Å².